The van der Waals surface area contributed by atoms with Crippen LogP contribution in [0.15, 0.2) is 59.1 Å². The number of para-hydroxylation sites is 1. The number of aryl methyl sites for hydroxylation is 1. The van der Waals surface area contributed by atoms with E-state index in [1.54, 1.807) is 6.20 Å². The van der Waals surface area contributed by atoms with Crippen LogP contribution in [0.2, 0.25) is 0 Å². The minimum atomic E-state index is -0.0523. The van der Waals surface area contributed by atoms with Crippen molar-refractivity contribution in [1.82, 2.24) is 19.7 Å². The molecule has 0 atom stereocenters. The van der Waals surface area contributed by atoms with Crippen molar-refractivity contribution in [3.8, 4) is 5.82 Å². The molecule has 4 aromatic rings. The van der Waals surface area contributed by atoms with Crippen LogP contribution in [0.1, 0.15) is 21.9 Å². The van der Waals surface area contributed by atoms with E-state index in [-0.39, 0.29) is 5.91 Å². The second-order valence-corrected chi connectivity index (χ2v) is 7.55. The Kier molecular flexibility index (Phi) is 4.50. The summed E-state index contributed by atoms with van der Waals surface area (Å²) in [5, 5.41) is 5.65. The molecule has 1 fully saturated rings. The minimum absolute atomic E-state index is 0.0523. The number of fused-ring (bicyclic) bond motifs is 1. The molecular weight excluding hydrogens is 378 g/mol. The lowest BCUT2D eigenvalue weighted by Crippen LogP contribution is -2.49. The number of rotatable bonds is 3. The van der Waals surface area contributed by atoms with Crippen LogP contribution >= 0.6 is 0 Å². The summed E-state index contributed by atoms with van der Waals surface area (Å²) in [5.41, 5.74) is 3.89. The molecule has 7 heteroatoms. The molecule has 3 aromatic heterocycles. The Bertz CT molecular complexity index is 1170. The van der Waals surface area contributed by atoms with E-state index in [0.717, 1.165) is 47.0 Å². The third-order valence-corrected chi connectivity index (χ3v) is 5.64. The molecule has 0 unspecified atom stereocenters. The Morgan fingerprint density at radius 2 is 1.77 bits per heavy atom. The number of anilines is 1. The first-order valence-corrected chi connectivity index (χ1v) is 10.1. The maximum atomic E-state index is 12.9. The molecule has 30 heavy (non-hydrogen) atoms. The highest BCUT2D eigenvalue weighted by molar-refractivity contribution is 5.96. The topological polar surface area (TPSA) is 67.4 Å². The second-order valence-electron chi connectivity index (χ2n) is 7.55. The van der Waals surface area contributed by atoms with E-state index in [0.29, 0.717) is 18.8 Å². The quantitative estimate of drug-likeness (QED) is 0.525. The number of furan rings is 1. The molecule has 0 N–H and O–H groups in total. The van der Waals surface area contributed by atoms with Crippen molar-refractivity contribution in [1.29, 1.82) is 0 Å². The molecule has 5 rings (SSSR count). The normalized spacial score (nSPS) is 14.5. The number of carbonyl (C=O) groups is 1. The Labute approximate surface area is 174 Å². The predicted molar refractivity (Wildman–Crippen MR) is 115 cm³/mol. The summed E-state index contributed by atoms with van der Waals surface area (Å²) in [7, 11) is 0. The van der Waals surface area contributed by atoms with Gasteiger partial charge in [0.05, 0.1) is 17.1 Å². The highest BCUT2D eigenvalue weighted by Crippen LogP contribution is 2.28. The first-order chi connectivity index (χ1) is 14.6. The third kappa shape index (κ3) is 3.12. The van der Waals surface area contributed by atoms with Crippen LogP contribution in [0.25, 0.3) is 16.8 Å². The number of piperazine rings is 1. The van der Waals surface area contributed by atoms with Gasteiger partial charge in [-0.1, -0.05) is 24.3 Å². The van der Waals surface area contributed by atoms with Crippen LogP contribution in [0.3, 0.4) is 0 Å². The van der Waals surface area contributed by atoms with Crippen molar-refractivity contribution >= 4 is 22.6 Å². The molecule has 1 aromatic carbocycles. The average molecular weight is 401 g/mol. The van der Waals surface area contributed by atoms with Crippen molar-refractivity contribution in [2.75, 3.05) is 31.1 Å². The van der Waals surface area contributed by atoms with Gasteiger partial charge in [0.1, 0.15) is 5.58 Å². The van der Waals surface area contributed by atoms with Gasteiger partial charge in [0, 0.05) is 37.8 Å². The molecule has 0 radical (unpaired) electrons. The van der Waals surface area contributed by atoms with Crippen molar-refractivity contribution in [3.05, 3.63) is 71.9 Å². The smallest absolute Gasteiger partial charge is 0.289 e. The zero-order valence-corrected chi connectivity index (χ0v) is 17.1. The summed E-state index contributed by atoms with van der Waals surface area (Å²) in [6, 6.07) is 15.3. The summed E-state index contributed by atoms with van der Waals surface area (Å²) in [4.78, 5) is 21.5. The maximum Gasteiger partial charge on any atom is 0.289 e. The number of carbonyl (C=O) groups excluding carboxylic acids is 1. The molecule has 0 saturated carbocycles. The Balaban J connectivity index is 1.32. The zero-order valence-electron chi connectivity index (χ0n) is 17.1. The molecule has 0 aliphatic carbocycles. The molecule has 4 heterocycles. The molecular formula is C23H23N5O2. The molecule has 1 saturated heterocycles. The molecule has 1 amide bonds. The fourth-order valence-corrected chi connectivity index (χ4v) is 4.17. The molecule has 7 nitrogen and oxygen atoms in total. The van der Waals surface area contributed by atoms with E-state index >= 15 is 0 Å². The monoisotopic (exact) mass is 401 g/mol. The second kappa shape index (κ2) is 7.33. The summed E-state index contributed by atoms with van der Waals surface area (Å²) >= 11 is 0. The standard InChI is InChI=1S/C23H23N5O2/c1-16-22(17(2)28(25-16)21-9-5-6-10-24-21)26-11-13-27(14-12-26)23(29)20-15-18-7-3-4-8-19(18)30-20/h3-10,15H,11-14H2,1-2H3. The van der Waals surface area contributed by atoms with Gasteiger partial charge in [-0.3, -0.25) is 4.79 Å². The van der Waals surface area contributed by atoms with Crippen LogP contribution in [-0.4, -0.2) is 51.8 Å². The van der Waals surface area contributed by atoms with Gasteiger partial charge in [-0.15, -0.1) is 0 Å². The average Bonchev–Trinajstić information content (AvgIpc) is 3.34. The first-order valence-electron chi connectivity index (χ1n) is 10.1. The molecule has 1 aliphatic rings. The molecule has 152 valence electrons. The Morgan fingerprint density at radius 3 is 2.50 bits per heavy atom. The summed E-state index contributed by atoms with van der Waals surface area (Å²) in [5.74, 6) is 1.16. The fraction of sp³-hybridized carbons (Fsp3) is 0.261. The number of hydrogen-bond acceptors (Lipinski definition) is 5. The highest BCUT2D eigenvalue weighted by atomic mass is 16.3. The number of amides is 1. The summed E-state index contributed by atoms with van der Waals surface area (Å²) < 4.78 is 7.65. The van der Waals surface area contributed by atoms with Gasteiger partial charge < -0.3 is 14.2 Å². The Hall–Kier alpha value is -3.61. The van der Waals surface area contributed by atoms with Crippen LogP contribution in [0.5, 0.6) is 0 Å². The van der Waals surface area contributed by atoms with Gasteiger partial charge in [-0.05, 0) is 38.1 Å². The lowest BCUT2D eigenvalue weighted by Gasteiger charge is -2.35. The predicted octanol–water partition coefficient (Wildman–Crippen LogP) is 3.59. The van der Waals surface area contributed by atoms with Crippen LogP contribution < -0.4 is 4.90 Å². The number of aromatic nitrogens is 3. The van der Waals surface area contributed by atoms with Gasteiger partial charge >= 0.3 is 0 Å². The van der Waals surface area contributed by atoms with Crippen LogP contribution in [0.4, 0.5) is 5.69 Å². The van der Waals surface area contributed by atoms with Crippen LogP contribution in [0, 0.1) is 13.8 Å². The zero-order chi connectivity index (χ0) is 20.7. The van der Waals surface area contributed by atoms with Gasteiger partial charge in [0.25, 0.3) is 5.91 Å². The van der Waals surface area contributed by atoms with Crippen LogP contribution in [-0.2, 0) is 0 Å². The summed E-state index contributed by atoms with van der Waals surface area (Å²) in [6.07, 6.45) is 1.77. The summed E-state index contributed by atoms with van der Waals surface area (Å²) in [6.45, 7) is 6.87. The molecule has 0 bridgehead atoms. The van der Waals surface area contributed by atoms with Gasteiger partial charge in [-0.25, -0.2) is 9.67 Å². The van der Waals surface area contributed by atoms with E-state index in [1.807, 2.05) is 65.0 Å². The van der Waals surface area contributed by atoms with E-state index in [9.17, 15) is 4.79 Å². The van der Waals surface area contributed by atoms with E-state index < -0.39 is 0 Å². The van der Waals surface area contributed by atoms with Gasteiger partial charge in [0.15, 0.2) is 11.6 Å². The first kappa shape index (κ1) is 18.4. The van der Waals surface area contributed by atoms with E-state index in [4.69, 9.17) is 9.52 Å². The van der Waals surface area contributed by atoms with Gasteiger partial charge in [-0.2, -0.15) is 5.10 Å². The number of pyridine rings is 1. The lowest BCUT2D eigenvalue weighted by atomic mass is 10.2. The number of benzene rings is 1. The Morgan fingerprint density at radius 1 is 1.00 bits per heavy atom. The van der Waals surface area contributed by atoms with E-state index in [1.165, 1.54) is 0 Å². The number of hydrogen-bond donors (Lipinski definition) is 0. The van der Waals surface area contributed by atoms with E-state index in [2.05, 4.69) is 16.8 Å². The van der Waals surface area contributed by atoms with Crippen molar-refractivity contribution in [3.63, 3.8) is 0 Å². The van der Waals surface area contributed by atoms with Gasteiger partial charge in [0.2, 0.25) is 0 Å². The SMILES string of the molecule is Cc1nn(-c2ccccn2)c(C)c1N1CCN(C(=O)c2cc3ccccc3o2)CC1. The molecule has 1 aliphatic heterocycles. The maximum absolute atomic E-state index is 12.9. The number of nitrogens with zero attached hydrogens (tertiary/aromatic N) is 5. The van der Waals surface area contributed by atoms with Crippen molar-refractivity contribution in [2.24, 2.45) is 0 Å². The largest absolute Gasteiger partial charge is 0.451 e. The molecule has 0 spiro atoms. The lowest BCUT2D eigenvalue weighted by molar-refractivity contribution is 0.0717. The van der Waals surface area contributed by atoms with Crippen molar-refractivity contribution in [2.45, 2.75) is 13.8 Å². The van der Waals surface area contributed by atoms with Crippen molar-refractivity contribution < 1.29 is 9.21 Å². The minimum Gasteiger partial charge on any atom is -0.451 e. The third-order valence-electron chi connectivity index (χ3n) is 5.64. The fourth-order valence-electron chi connectivity index (χ4n) is 4.17. The highest BCUT2D eigenvalue weighted by Gasteiger charge is 2.27.